The van der Waals surface area contributed by atoms with Gasteiger partial charge in [-0.25, -0.2) is 0 Å². The molecule has 0 atom stereocenters. The van der Waals surface area contributed by atoms with Crippen LogP contribution < -0.4 is 5.32 Å². The van der Waals surface area contributed by atoms with Gasteiger partial charge in [-0.3, -0.25) is 10.1 Å². The Labute approximate surface area is 92.8 Å². The van der Waals surface area contributed by atoms with Crippen molar-refractivity contribution in [1.29, 1.82) is 0 Å². The molecule has 0 amide bonds. The third-order valence-electron chi connectivity index (χ3n) is 1.81. The minimum absolute atomic E-state index is 0.164. The van der Waals surface area contributed by atoms with Crippen LogP contribution in [0.4, 0.5) is 17.1 Å². The molecule has 16 heavy (non-hydrogen) atoms. The Balaban J connectivity index is 3.24. The zero-order valence-corrected chi connectivity index (χ0v) is 9.35. The van der Waals surface area contributed by atoms with Crippen LogP contribution in [0.5, 0.6) is 0 Å². The summed E-state index contributed by atoms with van der Waals surface area (Å²) < 4.78 is 0. The Morgan fingerprint density at radius 2 is 2.00 bits per heavy atom. The average Bonchev–Trinajstić information content (AvgIpc) is 2.14. The van der Waals surface area contributed by atoms with Crippen LogP contribution in [-0.4, -0.2) is 10.5 Å². The van der Waals surface area contributed by atoms with Crippen molar-refractivity contribution in [3.63, 3.8) is 0 Å². The largest absolute Gasteiger partial charge is 0.378 e. The molecule has 1 N–H and O–H groups in total. The van der Waals surface area contributed by atoms with Crippen molar-refractivity contribution in [3.8, 4) is 0 Å². The number of benzene rings is 1. The van der Waals surface area contributed by atoms with E-state index in [1.807, 2.05) is 20.8 Å². The van der Waals surface area contributed by atoms with Crippen LogP contribution in [-0.2, 0) is 0 Å². The summed E-state index contributed by atoms with van der Waals surface area (Å²) in [5.74, 6) is 0. The van der Waals surface area contributed by atoms with Gasteiger partial charge in [-0.05, 0) is 32.0 Å². The van der Waals surface area contributed by atoms with Crippen LogP contribution in [0.1, 0.15) is 20.8 Å². The predicted octanol–water partition coefficient (Wildman–Crippen LogP) is 3.20. The van der Waals surface area contributed by atoms with Crippen molar-refractivity contribution < 1.29 is 4.92 Å². The summed E-state index contributed by atoms with van der Waals surface area (Å²) in [6, 6.07) is 4.36. The summed E-state index contributed by atoms with van der Waals surface area (Å²) in [5.41, 5.74) is -0.377. The lowest BCUT2D eigenvalue weighted by molar-refractivity contribution is -0.384. The molecule has 1 aromatic rings. The molecular formula is C10H13N3O3. The summed E-state index contributed by atoms with van der Waals surface area (Å²) in [4.78, 5) is 20.7. The number of nitroso groups, excluding NO2 is 1. The molecule has 0 aromatic heterocycles. The Hall–Kier alpha value is -1.98. The number of hydrogen-bond acceptors (Lipinski definition) is 5. The molecule has 1 aromatic carbocycles. The maximum absolute atomic E-state index is 10.7. The predicted molar refractivity (Wildman–Crippen MR) is 61.9 cm³/mol. The van der Waals surface area contributed by atoms with Gasteiger partial charge in [-0.1, -0.05) is 6.07 Å². The molecule has 86 valence electrons. The van der Waals surface area contributed by atoms with Crippen molar-refractivity contribution in [2.75, 3.05) is 5.32 Å². The quantitative estimate of drug-likeness (QED) is 0.484. The number of nitrogens with one attached hydrogen (secondary N) is 1. The molecule has 6 heteroatoms. The van der Waals surface area contributed by atoms with Gasteiger partial charge in [0.05, 0.1) is 10.6 Å². The molecule has 0 fully saturated rings. The first-order valence-electron chi connectivity index (χ1n) is 4.74. The van der Waals surface area contributed by atoms with E-state index in [1.54, 1.807) is 6.07 Å². The van der Waals surface area contributed by atoms with E-state index in [2.05, 4.69) is 10.5 Å². The van der Waals surface area contributed by atoms with Crippen molar-refractivity contribution in [3.05, 3.63) is 33.2 Å². The van der Waals surface area contributed by atoms with Gasteiger partial charge in [0.25, 0.3) is 0 Å². The number of nitrogens with zero attached hydrogens (tertiary/aromatic N) is 2. The molecule has 0 unspecified atom stereocenters. The van der Waals surface area contributed by atoms with E-state index in [9.17, 15) is 15.0 Å². The SMILES string of the molecule is CC(C)(C)Nc1cccc([N+](=O)[O-])c1N=O. The van der Waals surface area contributed by atoms with E-state index in [4.69, 9.17) is 0 Å². The Morgan fingerprint density at radius 3 is 2.44 bits per heavy atom. The highest BCUT2D eigenvalue weighted by Crippen LogP contribution is 2.36. The molecule has 0 aliphatic rings. The van der Waals surface area contributed by atoms with Gasteiger partial charge in [-0.15, -0.1) is 4.91 Å². The van der Waals surface area contributed by atoms with Crippen LogP contribution in [0, 0.1) is 15.0 Å². The first-order chi connectivity index (χ1) is 7.35. The van der Waals surface area contributed by atoms with E-state index in [0.29, 0.717) is 5.69 Å². The molecule has 0 heterocycles. The van der Waals surface area contributed by atoms with Gasteiger partial charge in [0, 0.05) is 11.6 Å². The second kappa shape index (κ2) is 4.26. The summed E-state index contributed by atoms with van der Waals surface area (Å²) in [7, 11) is 0. The van der Waals surface area contributed by atoms with Crippen LogP contribution >= 0.6 is 0 Å². The topological polar surface area (TPSA) is 84.6 Å². The second-order valence-corrected chi connectivity index (χ2v) is 4.40. The Bertz CT molecular complexity index is 424. The maximum Gasteiger partial charge on any atom is 0.300 e. The zero-order chi connectivity index (χ0) is 12.3. The fourth-order valence-corrected chi connectivity index (χ4v) is 1.28. The highest BCUT2D eigenvalue weighted by atomic mass is 16.6. The number of rotatable bonds is 3. The molecule has 6 nitrogen and oxygen atoms in total. The number of nitro benzene ring substituents is 1. The smallest absolute Gasteiger partial charge is 0.300 e. The van der Waals surface area contributed by atoms with Crippen molar-refractivity contribution in [1.82, 2.24) is 0 Å². The first-order valence-corrected chi connectivity index (χ1v) is 4.74. The van der Waals surface area contributed by atoms with Crippen LogP contribution in [0.3, 0.4) is 0 Å². The fourth-order valence-electron chi connectivity index (χ4n) is 1.28. The van der Waals surface area contributed by atoms with Crippen molar-refractivity contribution >= 4 is 17.1 Å². The van der Waals surface area contributed by atoms with Crippen LogP contribution in [0.25, 0.3) is 0 Å². The van der Waals surface area contributed by atoms with Gasteiger partial charge < -0.3 is 5.32 Å². The molecule has 0 radical (unpaired) electrons. The summed E-state index contributed by atoms with van der Waals surface area (Å²) >= 11 is 0. The second-order valence-electron chi connectivity index (χ2n) is 4.40. The fraction of sp³-hybridized carbons (Fsp3) is 0.400. The highest BCUT2D eigenvalue weighted by molar-refractivity contribution is 5.75. The standard InChI is InChI=1S/C10H13N3O3/c1-10(2,3)11-7-5-4-6-8(13(15)16)9(7)12-14/h4-6,11H,1-3H3. The van der Waals surface area contributed by atoms with Gasteiger partial charge in [0.15, 0.2) is 0 Å². The molecule has 0 aliphatic heterocycles. The zero-order valence-electron chi connectivity index (χ0n) is 9.35. The van der Waals surface area contributed by atoms with E-state index in [-0.39, 0.29) is 16.9 Å². The minimum atomic E-state index is -0.620. The molecule has 0 saturated heterocycles. The van der Waals surface area contributed by atoms with Gasteiger partial charge in [0.1, 0.15) is 0 Å². The third kappa shape index (κ3) is 2.75. The first kappa shape index (κ1) is 12.1. The summed E-state index contributed by atoms with van der Waals surface area (Å²) in [6.07, 6.45) is 0. The van der Waals surface area contributed by atoms with Crippen LogP contribution in [0.15, 0.2) is 23.4 Å². The molecular weight excluding hydrogens is 210 g/mol. The monoisotopic (exact) mass is 223 g/mol. The molecule has 0 aliphatic carbocycles. The normalized spacial score (nSPS) is 10.9. The van der Waals surface area contributed by atoms with E-state index < -0.39 is 4.92 Å². The maximum atomic E-state index is 10.7. The van der Waals surface area contributed by atoms with E-state index >= 15 is 0 Å². The molecule has 0 spiro atoms. The molecule has 0 bridgehead atoms. The molecule has 1 rings (SSSR count). The number of anilines is 1. The summed E-state index contributed by atoms with van der Waals surface area (Å²) in [5, 5.41) is 16.4. The third-order valence-corrected chi connectivity index (χ3v) is 1.81. The van der Waals surface area contributed by atoms with Gasteiger partial charge >= 0.3 is 5.69 Å². The number of hydrogen-bond donors (Lipinski definition) is 1. The number of nitro groups is 1. The minimum Gasteiger partial charge on any atom is -0.378 e. The van der Waals surface area contributed by atoms with Crippen molar-refractivity contribution in [2.24, 2.45) is 5.18 Å². The van der Waals surface area contributed by atoms with Crippen LogP contribution in [0.2, 0.25) is 0 Å². The highest BCUT2D eigenvalue weighted by Gasteiger charge is 2.21. The van der Waals surface area contributed by atoms with Crippen molar-refractivity contribution in [2.45, 2.75) is 26.3 Å². The van der Waals surface area contributed by atoms with E-state index in [1.165, 1.54) is 12.1 Å². The lowest BCUT2D eigenvalue weighted by atomic mass is 10.1. The Morgan fingerprint density at radius 1 is 1.38 bits per heavy atom. The van der Waals surface area contributed by atoms with E-state index in [0.717, 1.165) is 0 Å². The lowest BCUT2D eigenvalue weighted by Crippen LogP contribution is -2.26. The average molecular weight is 223 g/mol. The molecule has 0 saturated carbocycles. The van der Waals surface area contributed by atoms with Gasteiger partial charge in [0.2, 0.25) is 5.69 Å². The summed E-state index contributed by atoms with van der Waals surface area (Å²) in [6.45, 7) is 5.67. The van der Waals surface area contributed by atoms with Gasteiger partial charge in [-0.2, -0.15) is 0 Å². The Kier molecular flexibility index (Phi) is 3.22. The lowest BCUT2D eigenvalue weighted by Gasteiger charge is -2.22.